The molecule has 0 aliphatic heterocycles. The summed E-state index contributed by atoms with van der Waals surface area (Å²) in [5.41, 5.74) is 1.49. The van der Waals surface area contributed by atoms with Gasteiger partial charge in [0.25, 0.3) is 0 Å². The van der Waals surface area contributed by atoms with Gasteiger partial charge < -0.3 is 0 Å². The fraction of sp³-hybridized carbons (Fsp3) is 0.667. The zero-order valence-corrected chi connectivity index (χ0v) is 10.9. The quantitative estimate of drug-likeness (QED) is 0.462. The third-order valence-electron chi connectivity index (χ3n) is 3.01. The predicted molar refractivity (Wildman–Crippen MR) is 69.4 cm³/mol. The molecule has 0 fully saturated rings. The van der Waals surface area contributed by atoms with Crippen LogP contribution in [0.2, 0.25) is 0 Å². The van der Waals surface area contributed by atoms with Crippen molar-refractivity contribution in [1.29, 1.82) is 0 Å². The van der Waals surface area contributed by atoms with Gasteiger partial charge in [0.05, 0.1) is 0 Å². The van der Waals surface area contributed by atoms with Crippen molar-refractivity contribution in [2.75, 3.05) is 0 Å². The number of hydrogen-bond acceptors (Lipinski definition) is 0. The molecule has 1 aromatic rings. The summed E-state index contributed by atoms with van der Waals surface area (Å²) in [5, 5.41) is 0. The van der Waals surface area contributed by atoms with Crippen LogP contribution in [0, 0.1) is 0 Å². The van der Waals surface area contributed by atoms with Crippen molar-refractivity contribution in [2.24, 2.45) is 0 Å². The molecule has 90 valence electrons. The van der Waals surface area contributed by atoms with E-state index in [1.54, 1.807) is 0 Å². The first-order valence-electron chi connectivity index (χ1n) is 6.84. The standard InChI is InChI=1S/C15H26N/c1-3-5-7-8-12-16-13-9-11-15(14-16)10-6-4-2/h9,11,13-14H,3-8,10,12H2,1-2H3/q+1. The third-order valence-corrected chi connectivity index (χ3v) is 3.01. The molecule has 0 bridgehead atoms. The van der Waals surface area contributed by atoms with Gasteiger partial charge in [-0.3, -0.25) is 0 Å². The van der Waals surface area contributed by atoms with Crippen LogP contribution in [-0.4, -0.2) is 0 Å². The molecule has 0 unspecified atom stereocenters. The first kappa shape index (κ1) is 13.2. The molecule has 1 rings (SSSR count). The lowest BCUT2D eigenvalue weighted by Gasteiger charge is -2.00. The summed E-state index contributed by atoms with van der Waals surface area (Å²) in [4.78, 5) is 0. The van der Waals surface area contributed by atoms with Crippen LogP contribution < -0.4 is 4.57 Å². The van der Waals surface area contributed by atoms with E-state index in [0.29, 0.717) is 0 Å². The Labute approximate surface area is 101 Å². The summed E-state index contributed by atoms with van der Waals surface area (Å²) < 4.78 is 2.35. The average molecular weight is 220 g/mol. The van der Waals surface area contributed by atoms with Gasteiger partial charge in [0.1, 0.15) is 6.54 Å². The van der Waals surface area contributed by atoms with Gasteiger partial charge in [0.2, 0.25) is 0 Å². The van der Waals surface area contributed by atoms with Gasteiger partial charge >= 0.3 is 0 Å². The third kappa shape index (κ3) is 5.29. The van der Waals surface area contributed by atoms with Crippen LogP contribution in [0.1, 0.15) is 57.9 Å². The normalized spacial score (nSPS) is 10.6. The summed E-state index contributed by atoms with van der Waals surface area (Å²) >= 11 is 0. The van der Waals surface area contributed by atoms with E-state index in [0.717, 1.165) is 0 Å². The Kier molecular flexibility index (Phi) is 6.87. The monoisotopic (exact) mass is 220 g/mol. The van der Waals surface area contributed by atoms with Crippen molar-refractivity contribution in [3.8, 4) is 0 Å². The maximum Gasteiger partial charge on any atom is 0.171 e. The van der Waals surface area contributed by atoms with Crippen LogP contribution in [0.4, 0.5) is 0 Å². The summed E-state index contributed by atoms with van der Waals surface area (Å²) in [6.45, 7) is 5.69. The van der Waals surface area contributed by atoms with Crippen LogP contribution in [0.25, 0.3) is 0 Å². The highest BCUT2D eigenvalue weighted by molar-refractivity contribution is 5.05. The van der Waals surface area contributed by atoms with E-state index in [1.807, 2.05) is 0 Å². The number of pyridine rings is 1. The maximum absolute atomic E-state index is 2.35. The van der Waals surface area contributed by atoms with Gasteiger partial charge in [0.15, 0.2) is 12.4 Å². The minimum atomic E-state index is 1.18. The molecule has 1 nitrogen and oxygen atoms in total. The van der Waals surface area contributed by atoms with Crippen molar-refractivity contribution in [2.45, 2.75) is 65.3 Å². The van der Waals surface area contributed by atoms with Gasteiger partial charge in [-0.15, -0.1) is 0 Å². The first-order valence-corrected chi connectivity index (χ1v) is 6.84. The average Bonchev–Trinajstić information content (AvgIpc) is 2.33. The molecule has 0 aromatic carbocycles. The number of nitrogens with zero attached hydrogens (tertiary/aromatic N) is 1. The second kappa shape index (κ2) is 8.32. The van der Waals surface area contributed by atoms with Gasteiger partial charge in [0, 0.05) is 18.1 Å². The van der Waals surface area contributed by atoms with E-state index < -0.39 is 0 Å². The Balaban J connectivity index is 2.35. The molecule has 0 atom stereocenters. The summed E-state index contributed by atoms with van der Waals surface area (Å²) in [7, 11) is 0. The molecular weight excluding hydrogens is 194 g/mol. The maximum atomic E-state index is 2.35. The highest BCUT2D eigenvalue weighted by Crippen LogP contribution is 2.02. The molecule has 0 aliphatic carbocycles. The molecule has 1 heteroatoms. The minimum Gasteiger partial charge on any atom is -0.205 e. The van der Waals surface area contributed by atoms with Gasteiger partial charge in [-0.1, -0.05) is 33.1 Å². The van der Waals surface area contributed by atoms with Crippen molar-refractivity contribution in [1.82, 2.24) is 0 Å². The summed E-state index contributed by atoms with van der Waals surface area (Å²) in [5.74, 6) is 0. The molecule has 0 aliphatic rings. The van der Waals surface area contributed by atoms with Crippen molar-refractivity contribution < 1.29 is 4.57 Å². The molecule has 0 N–H and O–H groups in total. The van der Waals surface area contributed by atoms with Crippen LogP contribution in [-0.2, 0) is 13.0 Å². The Morgan fingerprint density at radius 3 is 2.56 bits per heavy atom. The van der Waals surface area contributed by atoms with E-state index in [-0.39, 0.29) is 0 Å². The SMILES string of the molecule is CCCCCC[n+]1cccc(CCCC)c1. The molecular formula is C15H26N+. The topological polar surface area (TPSA) is 3.88 Å². The number of aromatic nitrogens is 1. The van der Waals surface area contributed by atoms with E-state index in [1.165, 1.54) is 57.1 Å². The van der Waals surface area contributed by atoms with Gasteiger partial charge in [-0.25, -0.2) is 4.57 Å². The lowest BCUT2D eigenvalue weighted by Crippen LogP contribution is -2.33. The van der Waals surface area contributed by atoms with Crippen molar-refractivity contribution in [3.05, 3.63) is 30.1 Å². The lowest BCUT2D eigenvalue weighted by atomic mass is 10.1. The van der Waals surface area contributed by atoms with Crippen molar-refractivity contribution >= 4 is 0 Å². The van der Waals surface area contributed by atoms with Crippen LogP contribution >= 0.6 is 0 Å². The van der Waals surface area contributed by atoms with E-state index >= 15 is 0 Å². The molecule has 1 aromatic heterocycles. The smallest absolute Gasteiger partial charge is 0.171 e. The molecule has 0 amide bonds. The number of unbranched alkanes of at least 4 members (excludes halogenated alkanes) is 4. The molecule has 0 saturated heterocycles. The predicted octanol–water partition coefficient (Wildman–Crippen LogP) is 3.90. The highest BCUT2D eigenvalue weighted by Gasteiger charge is 2.02. The number of rotatable bonds is 8. The zero-order chi connectivity index (χ0) is 11.6. The van der Waals surface area contributed by atoms with Gasteiger partial charge in [-0.2, -0.15) is 0 Å². The Hall–Kier alpha value is -0.850. The van der Waals surface area contributed by atoms with Crippen LogP contribution in [0.15, 0.2) is 24.5 Å². The molecule has 0 spiro atoms. The second-order valence-corrected chi connectivity index (χ2v) is 4.61. The Morgan fingerprint density at radius 1 is 1.00 bits per heavy atom. The molecule has 0 saturated carbocycles. The summed E-state index contributed by atoms with van der Waals surface area (Å²) in [6, 6.07) is 4.43. The van der Waals surface area contributed by atoms with Crippen LogP contribution in [0.3, 0.4) is 0 Å². The Morgan fingerprint density at radius 2 is 1.81 bits per heavy atom. The molecule has 0 radical (unpaired) electrons. The summed E-state index contributed by atoms with van der Waals surface area (Å²) in [6.07, 6.45) is 13.7. The van der Waals surface area contributed by atoms with Gasteiger partial charge in [-0.05, 0) is 25.3 Å². The number of aryl methyl sites for hydroxylation is 2. The fourth-order valence-electron chi connectivity index (χ4n) is 1.97. The van der Waals surface area contributed by atoms with E-state index in [9.17, 15) is 0 Å². The molecule has 16 heavy (non-hydrogen) atoms. The van der Waals surface area contributed by atoms with E-state index in [4.69, 9.17) is 0 Å². The first-order chi connectivity index (χ1) is 7.86. The van der Waals surface area contributed by atoms with E-state index in [2.05, 4.69) is 42.9 Å². The second-order valence-electron chi connectivity index (χ2n) is 4.61. The zero-order valence-electron chi connectivity index (χ0n) is 10.9. The fourth-order valence-corrected chi connectivity index (χ4v) is 1.97. The Bertz CT molecular complexity index is 281. The van der Waals surface area contributed by atoms with Crippen LogP contribution in [0.5, 0.6) is 0 Å². The number of hydrogen-bond donors (Lipinski definition) is 0. The lowest BCUT2D eigenvalue weighted by molar-refractivity contribution is -0.697. The minimum absolute atomic E-state index is 1.18. The molecule has 1 heterocycles. The highest BCUT2D eigenvalue weighted by atomic mass is 14.9. The van der Waals surface area contributed by atoms with Crippen molar-refractivity contribution in [3.63, 3.8) is 0 Å². The largest absolute Gasteiger partial charge is 0.205 e.